The van der Waals surface area contributed by atoms with Gasteiger partial charge in [-0.05, 0) is 75.2 Å². The summed E-state index contributed by atoms with van der Waals surface area (Å²) in [7, 11) is 0. The van der Waals surface area contributed by atoms with Crippen LogP contribution in [0.2, 0.25) is 0 Å². The minimum Gasteiger partial charge on any atom is -0.372 e. The van der Waals surface area contributed by atoms with Crippen LogP contribution >= 0.6 is 0 Å². The molecule has 1 aromatic carbocycles. The molecule has 1 N–H and O–H groups in total. The van der Waals surface area contributed by atoms with E-state index >= 15 is 0 Å². The molecule has 0 spiro atoms. The average molecular weight is 431 g/mol. The SMILES string of the molecule is CCN(CC)c1ccc(NC(=O)C2CCN(c3ccc(-c4ccncc4)nn3)CC2)cc1. The Morgan fingerprint density at radius 1 is 0.969 bits per heavy atom. The first-order valence-corrected chi connectivity index (χ1v) is 11.3. The van der Waals surface area contributed by atoms with Gasteiger partial charge >= 0.3 is 0 Å². The van der Waals surface area contributed by atoms with Crippen molar-refractivity contribution >= 4 is 23.1 Å². The minimum absolute atomic E-state index is 0.0118. The second-order valence-electron chi connectivity index (χ2n) is 7.98. The number of amides is 1. The highest BCUT2D eigenvalue weighted by Gasteiger charge is 2.26. The van der Waals surface area contributed by atoms with Gasteiger partial charge in [-0.1, -0.05) is 0 Å². The molecule has 4 rings (SSSR count). The third-order valence-corrected chi connectivity index (χ3v) is 6.08. The molecule has 1 saturated heterocycles. The highest BCUT2D eigenvalue weighted by atomic mass is 16.1. The van der Waals surface area contributed by atoms with E-state index in [4.69, 9.17) is 0 Å². The lowest BCUT2D eigenvalue weighted by Crippen LogP contribution is -2.38. The van der Waals surface area contributed by atoms with Gasteiger partial charge in [0.25, 0.3) is 0 Å². The van der Waals surface area contributed by atoms with Crippen molar-refractivity contribution in [2.24, 2.45) is 5.92 Å². The first kappa shape index (κ1) is 21.7. The van der Waals surface area contributed by atoms with E-state index < -0.39 is 0 Å². The van der Waals surface area contributed by atoms with E-state index in [0.717, 1.165) is 61.8 Å². The minimum atomic E-state index is 0.0118. The van der Waals surface area contributed by atoms with Gasteiger partial charge in [0.2, 0.25) is 5.91 Å². The summed E-state index contributed by atoms with van der Waals surface area (Å²) >= 11 is 0. The van der Waals surface area contributed by atoms with Gasteiger partial charge in [-0.2, -0.15) is 0 Å². The zero-order chi connectivity index (χ0) is 22.3. The number of anilines is 3. The molecule has 3 heterocycles. The zero-order valence-corrected chi connectivity index (χ0v) is 18.7. The Morgan fingerprint density at radius 2 is 1.66 bits per heavy atom. The van der Waals surface area contributed by atoms with Crippen molar-refractivity contribution in [2.75, 3.05) is 41.3 Å². The van der Waals surface area contributed by atoms with Crippen molar-refractivity contribution in [3.8, 4) is 11.3 Å². The molecule has 1 aliphatic heterocycles. The summed E-state index contributed by atoms with van der Waals surface area (Å²) in [5, 5.41) is 11.9. The van der Waals surface area contributed by atoms with Crippen LogP contribution in [0.15, 0.2) is 60.9 Å². The van der Waals surface area contributed by atoms with Gasteiger partial charge in [0, 0.05) is 61.4 Å². The highest BCUT2D eigenvalue weighted by molar-refractivity contribution is 5.92. The number of hydrogen-bond donors (Lipinski definition) is 1. The van der Waals surface area contributed by atoms with E-state index in [1.807, 2.05) is 36.4 Å². The van der Waals surface area contributed by atoms with Crippen LogP contribution in [0.3, 0.4) is 0 Å². The molecule has 0 radical (unpaired) electrons. The lowest BCUT2D eigenvalue weighted by molar-refractivity contribution is -0.120. The number of carbonyl (C=O) groups excluding carboxylic acids is 1. The Balaban J connectivity index is 1.30. The lowest BCUT2D eigenvalue weighted by atomic mass is 9.95. The number of nitrogens with one attached hydrogen (secondary N) is 1. The highest BCUT2D eigenvalue weighted by Crippen LogP contribution is 2.25. The molecule has 7 heteroatoms. The fourth-order valence-electron chi connectivity index (χ4n) is 4.13. The quantitative estimate of drug-likeness (QED) is 0.604. The molecule has 32 heavy (non-hydrogen) atoms. The summed E-state index contributed by atoms with van der Waals surface area (Å²) < 4.78 is 0. The van der Waals surface area contributed by atoms with Gasteiger partial charge in [-0.3, -0.25) is 9.78 Å². The second-order valence-corrected chi connectivity index (χ2v) is 7.98. The molecule has 0 aliphatic carbocycles. The molecule has 3 aromatic rings. The summed E-state index contributed by atoms with van der Waals surface area (Å²) in [6.07, 6.45) is 5.11. The first-order valence-electron chi connectivity index (χ1n) is 11.3. The van der Waals surface area contributed by atoms with Crippen molar-refractivity contribution in [3.05, 3.63) is 60.9 Å². The van der Waals surface area contributed by atoms with E-state index in [0.29, 0.717) is 0 Å². The monoisotopic (exact) mass is 430 g/mol. The number of hydrogen-bond acceptors (Lipinski definition) is 6. The van der Waals surface area contributed by atoms with Crippen molar-refractivity contribution in [1.82, 2.24) is 15.2 Å². The number of carbonyl (C=O) groups is 1. The molecule has 1 aliphatic rings. The maximum atomic E-state index is 12.8. The van der Waals surface area contributed by atoms with Crippen LogP contribution in [0, 0.1) is 5.92 Å². The molecule has 0 bridgehead atoms. The van der Waals surface area contributed by atoms with Crippen LogP contribution in [0.5, 0.6) is 0 Å². The normalized spacial score (nSPS) is 14.2. The summed E-state index contributed by atoms with van der Waals surface area (Å²) in [6, 6.07) is 15.9. The molecule has 0 unspecified atom stereocenters. The number of nitrogens with zero attached hydrogens (tertiary/aromatic N) is 5. The Kier molecular flexibility index (Phi) is 6.94. The van der Waals surface area contributed by atoms with Crippen LogP contribution in [-0.4, -0.2) is 47.3 Å². The molecular formula is C25H30N6O. The van der Waals surface area contributed by atoms with Gasteiger partial charge in [0.1, 0.15) is 0 Å². The second kappa shape index (κ2) is 10.2. The van der Waals surface area contributed by atoms with Crippen LogP contribution in [-0.2, 0) is 4.79 Å². The number of piperidine rings is 1. The first-order chi connectivity index (χ1) is 15.7. The van der Waals surface area contributed by atoms with Crippen molar-refractivity contribution in [3.63, 3.8) is 0 Å². The average Bonchev–Trinajstić information content (AvgIpc) is 2.86. The number of benzene rings is 1. The largest absolute Gasteiger partial charge is 0.372 e. The van der Waals surface area contributed by atoms with E-state index in [1.165, 1.54) is 5.69 Å². The Bertz CT molecular complexity index is 995. The molecule has 1 fully saturated rings. The topological polar surface area (TPSA) is 74.2 Å². The van der Waals surface area contributed by atoms with Crippen LogP contribution in [0.4, 0.5) is 17.2 Å². The predicted molar refractivity (Wildman–Crippen MR) is 129 cm³/mol. The third-order valence-electron chi connectivity index (χ3n) is 6.08. The lowest BCUT2D eigenvalue weighted by Gasteiger charge is -2.31. The van der Waals surface area contributed by atoms with E-state index in [9.17, 15) is 4.79 Å². The fraction of sp³-hybridized carbons (Fsp3) is 0.360. The number of pyridine rings is 1. The van der Waals surface area contributed by atoms with E-state index in [-0.39, 0.29) is 11.8 Å². The zero-order valence-electron chi connectivity index (χ0n) is 18.7. The Morgan fingerprint density at radius 3 is 2.25 bits per heavy atom. The molecule has 0 saturated carbocycles. The molecule has 0 atom stereocenters. The summed E-state index contributed by atoms with van der Waals surface area (Å²) in [4.78, 5) is 21.3. The van der Waals surface area contributed by atoms with Crippen LogP contribution in [0.25, 0.3) is 11.3 Å². The molecule has 166 valence electrons. The van der Waals surface area contributed by atoms with E-state index in [2.05, 4.69) is 56.3 Å². The smallest absolute Gasteiger partial charge is 0.227 e. The van der Waals surface area contributed by atoms with Crippen molar-refractivity contribution < 1.29 is 4.79 Å². The Hall–Kier alpha value is -3.48. The summed E-state index contributed by atoms with van der Waals surface area (Å²) in [6.45, 7) is 7.82. The summed E-state index contributed by atoms with van der Waals surface area (Å²) in [5.74, 6) is 0.964. The van der Waals surface area contributed by atoms with Crippen molar-refractivity contribution in [2.45, 2.75) is 26.7 Å². The fourth-order valence-corrected chi connectivity index (χ4v) is 4.13. The summed E-state index contributed by atoms with van der Waals surface area (Å²) in [5.41, 5.74) is 3.86. The molecule has 1 amide bonds. The maximum Gasteiger partial charge on any atom is 0.227 e. The molecule has 7 nitrogen and oxygen atoms in total. The number of aromatic nitrogens is 3. The number of rotatable bonds is 7. The standard InChI is InChI=1S/C25H30N6O/c1-3-30(4-2)22-7-5-21(6-8-22)27-25(32)20-13-17-31(18-14-20)24-10-9-23(28-29-24)19-11-15-26-16-12-19/h5-12,15-16,20H,3-4,13-14,17-18H2,1-2H3,(H,27,32). The molecule has 2 aromatic heterocycles. The Labute approximate surface area is 189 Å². The van der Waals surface area contributed by atoms with Crippen molar-refractivity contribution in [1.29, 1.82) is 0 Å². The van der Waals surface area contributed by atoms with Crippen LogP contribution in [0.1, 0.15) is 26.7 Å². The predicted octanol–water partition coefficient (Wildman–Crippen LogP) is 4.24. The van der Waals surface area contributed by atoms with Gasteiger partial charge in [0.05, 0.1) is 5.69 Å². The van der Waals surface area contributed by atoms with Gasteiger partial charge in [0.15, 0.2) is 5.82 Å². The van der Waals surface area contributed by atoms with Crippen LogP contribution < -0.4 is 15.1 Å². The van der Waals surface area contributed by atoms with E-state index in [1.54, 1.807) is 12.4 Å². The third kappa shape index (κ3) is 5.04. The van der Waals surface area contributed by atoms with Gasteiger partial charge in [-0.25, -0.2) is 0 Å². The van der Waals surface area contributed by atoms with Gasteiger partial charge < -0.3 is 15.1 Å². The molecular weight excluding hydrogens is 400 g/mol. The maximum absolute atomic E-state index is 12.8. The van der Waals surface area contributed by atoms with Gasteiger partial charge in [-0.15, -0.1) is 10.2 Å².